The Kier molecular flexibility index (Phi) is 3.49. The molecule has 1 aromatic heterocycles. The number of hydrogen-bond donors (Lipinski definition) is 0. The van der Waals surface area contributed by atoms with E-state index in [4.69, 9.17) is 0 Å². The quantitative estimate of drug-likeness (QED) is 0.542. The average molecular weight is 318 g/mol. The number of rotatable bonds is 3. The van der Waals surface area contributed by atoms with E-state index in [1.165, 1.54) is 0 Å². The fraction of sp³-hybridized carbons (Fsp3) is 0. The summed E-state index contributed by atoms with van der Waals surface area (Å²) in [5.41, 5.74) is 1.91. The minimum Gasteiger partial charge on any atom is -0.246 e. The van der Waals surface area contributed by atoms with E-state index in [1.54, 1.807) is 0 Å². The lowest BCUT2D eigenvalue weighted by Gasteiger charge is -2.24. The van der Waals surface area contributed by atoms with Gasteiger partial charge in [-0.3, -0.25) is 0 Å². The van der Waals surface area contributed by atoms with E-state index >= 15 is 0 Å². The van der Waals surface area contributed by atoms with Crippen molar-refractivity contribution >= 4 is 7.85 Å². The minimum absolute atomic E-state index is 0.0253. The Morgan fingerprint density at radius 3 is 1.39 bits per heavy atom. The fourth-order valence-electron chi connectivity index (χ4n) is 2.67. The number of aromatic nitrogens is 2. The van der Waals surface area contributed by atoms with E-state index in [0.29, 0.717) is 0 Å². The van der Waals surface area contributed by atoms with E-state index in [1.807, 2.05) is 87.5 Å². The highest BCUT2D eigenvalue weighted by molar-refractivity contribution is 7.51. The summed E-state index contributed by atoms with van der Waals surface area (Å²) in [6.45, 7) is 0. The van der Waals surface area contributed by atoms with Gasteiger partial charge in [-0.1, -0.05) is 54.6 Å². The molecule has 0 bridgehead atoms. The minimum atomic E-state index is -0.895. The molecule has 0 fully saturated rings. The molecule has 0 amide bonds. The molecule has 0 radical (unpaired) electrons. The van der Waals surface area contributed by atoms with E-state index in [2.05, 4.69) is 12.1 Å². The van der Waals surface area contributed by atoms with Crippen LogP contribution in [-0.4, -0.2) is 8.66 Å². The van der Waals surface area contributed by atoms with Crippen LogP contribution >= 0.6 is 7.85 Å². The zero-order chi connectivity index (χ0) is 15.6. The maximum atomic E-state index is 12.8. The Morgan fingerprint density at radius 1 is 0.565 bits per heavy atom. The topological polar surface area (TPSA) is 26.9 Å². The summed E-state index contributed by atoms with van der Waals surface area (Å²) < 4.78 is 3.80. The Hall–Kier alpha value is -2.77. The van der Waals surface area contributed by atoms with Crippen LogP contribution in [0.15, 0.2) is 95.8 Å². The van der Waals surface area contributed by atoms with Crippen LogP contribution in [0.4, 0.5) is 0 Å². The molecule has 0 saturated heterocycles. The normalized spacial score (nSPS) is 10.8. The van der Waals surface area contributed by atoms with Gasteiger partial charge in [-0.2, -0.15) is 0 Å². The molecule has 0 aliphatic rings. The number of nitrogens with zero attached hydrogens (tertiary/aromatic N) is 2. The van der Waals surface area contributed by atoms with Crippen molar-refractivity contribution in [2.24, 2.45) is 0 Å². The van der Waals surface area contributed by atoms with Crippen LogP contribution in [-0.2, 0) is 0 Å². The van der Waals surface area contributed by atoms with Crippen molar-refractivity contribution in [1.29, 1.82) is 0 Å². The van der Waals surface area contributed by atoms with Gasteiger partial charge in [0.25, 0.3) is 0 Å². The van der Waals surface area contributed by atoms with E-state index < -0.39 is 7.85 Å². The van der Waals surface area contributed by atoms with Gasteiger partial charge in [0, 0.05) is 5.30 Å². The van der Waals surface area contributed by atoms with E-state index in [-0.39, 0.29) is 5.69 Å². The Balaban J connectivity index is 1.98. The van der Waals surface area contributed by atoms with Crippen LogP contribution in [0.1, 0.15) is 0 Å². The first kappa shape index (κ1) is 13.9. The lowest BCUT2D eigenvalue weighted by molar-refractivity contribution is 0.889. The van der Waals surface area contributed by atoms with Gasteiger partial charge in [-0.15, -0.1) is 0 Å². The lowest BCUT2D eigenvalue weighted by atomic mass is 10.3. The van der Waals surface area contributed by atoms with Gasteiger partial charge in [-0.25, -0.2) is 13.5 Å². The Morgan fingerprint density at radius 2 is 0.957 bits per heavy atom. The maximum Gasteiger partial charge on any atom is 0.346 e. The third-order valence-corrected chi connectivity index (χ3v) is 6.05. The SMILES string of the molecule is O=c1n(-c2ccccc2)p(-c2ccccc2)n1-c1ccccc1. The van der Waals surface area contributed by atoms with Gasteiger partial charge < -0.3 is 0 Å². The maximum absolute atomic E-state index is 12.8. The van der Waals surface area contributed by atoms with Gasteiger partial charge in [0.2, 0.25) is 0 Å². The van der Waals surface area contributed by atoms with Crippen molar-refractivity contribution in [3.05, 3.63) is 101 Å². The van der Waals surface area contributed by atoms with Crippen molar-refractivity contribution in [2.45, 2.75) is 0 Å². The highest BCUT2D eigenvalue weighted by Crippen LogP contribution is 2.42. The first-order valence-electron chi connectivity index (χ1n) is 7.45. The molecular weight excluding hydrogens is 303 g/mol. The van der Waals surface area contributed by atoms with E-state index in [9.17, 15) is 4.79 Å². The van der Waals surface area contributed by atoms with Gasteiger partial charge in [-0.05, 0) is 36.4 Å². The molecule has 0 N–H and O–H groups in total. The van der Waals surface area contributed by atoms with Gasteiger partial charge in [0.15, 0.2) is 0 Å². The van der Waals surface area contributed by atoms with Crippen LogP contribution < -0.4 is 5.69 Å². The summed E-state index contributed by atoms with van der Waals surface area (Å²) in [5.74, 6) is 0. The monoisotopic (exact) mass is 318 g/mol. The van der Waals surface area contributed by atoms with Crippen LogP contribution in [0.2, 0.25) is 0 Å². The second-order valence-corrected chi connectivity index (χ2v) is 7.10. The van der Waals surface area contributed by atoms with Crippen molar-refractivity contribution < 1.29 is 0 Å². The van der Waals surface area contributed by atoms with Crippen molar-refractivity contribution in [2.75, 3.05) is 0 Å². The molecule has 0 saturated carbocycles. The zero-order valence-electron chi connectivity index (χ0n) is 12.4. The van der Waals surface area contributed by atoms with Crippen LogP contribution in [0, 0.1) is 0 Å². The van der Waals surface area contributed by atoms with Gasteiger partial charge in [0.1, 0.15) is 0 Å². The van der Waals surface area contributed by atoms with Gasteiger partial charge >= 0.3 is 5.69 Å². The van der Waals surface area contributed by atoms with Crippen molar-refractivity contribution in [3.8, 4) is 16.7 Å². The smallest absolute Gasteiger partial charge is 0.246 e. The molecule has 3 aromatic carbocycles. The van der Waals surface area contributed by atoms with Crippen molar-refractivity contribution in [3.63, 3.8) is 0 Å². The molecule has 23 heavy (non-hydrogen) atoms. The first-order valence-corrected chi connectivity index (χ1v) is 8.70. The molecule has 1 heterocycles. The summed E-state index contributed by atoms with van der Waals surface area (Å²) in [4.78, 5) is 12.8. The Labute approximate surface area is 135 Å². The van der Waals surface area contributed by atoms with Crippen LogP contribution in [0.25, 0.3) is 16.7 Å². The molecule has 4 aromatic rings. The Bertz CT molecular complexity index is 908. The molecule has 0 spiro atoms. The molecule has 4 rings (SSSR count). The standard InChI is InChI=1S/C19H15N2OP/c22-19-20(16-10-4-1-5-11-16)23(18-14-8-3-9-15-18)21(19)17-12-6-2-7-13-17/h1-15H. The molecule has 0 unspecified atom stereocenters. The predicted molar refractivity (Wildman–Crippen MR) is 95.4 cm³/mol. The number of benzene rings is 3. The summed E-state index contributed by atoms with van der Waals surface area (Å²) in [5, 5.41) is 1.16. The highest BCUT2D eigenvalue weighted by atomic mass is 31.1. The second kappa shape index (κ2) is 5.79. The fourth-order valence-corrected chi connectivity index (χ4v) is 4.84. The molecule has 4 heteroatoms. The van der Waals surface area contributed by atoms with E-state index in [0.717, 1.165) is 16.7 Å². The molecule has 0 aliphatic carbocycles. The summed E-state index contributed by atoms with van der Waals surface area (Å²) in [6, 6.07) is 29.9. The third kappa shape index (κ3) is 2.36. The molecule has 0 aliphatic heterocycles. The number of para-hydroxylation sites is 2. The largest absolute Gasteiger partial charge is 0.346 e. The molecular formula is C19H15N2OP. The van der Waals surface area contributed by atoms with Gasteiger partial charge in [0.05, 0.1) is 19.2 Å². The average Bonchev–Trinajstić information content (AvgIpc) is 2.62. The molecule has 112 valence electrons. The predicted octanol–water partition coefficient (Wildman–Crippen LogP) is 4.60. The zero-order valence-corrected chi connectivity index (χ0v) is 13.3. The second-order valence-electron chi connectivity index (χ2n) is 5.20. The summed E-state index contributed by atoms with van der Waals surface area (Å²) >= 11 is 0. The number of hydrogen-bond acceptors (Lipinski definition) is 1. The van der Waals surface area contributed by atoms with Crippen LogP contribution in [0.3, 0.4) is 0 Å². The lowest BCUT2D eigenvalue weighted by Crippen LogP contribution is -2.33. The first-order chi connectivity index (χ1) is 11.4. The third-order valence-electron chi connectivity index (χ3n) is 3.73. The summed E-state index contributed by atoms with van der Waals surface area (Å²) in [6.07, 6.45) is 0. The highest BCUT2D eigenvalue weighted by Gasteiger charge is 2.21. The van der Waals surface area contributed by atoms with Crippen molar-refractivity contribution in [1.82, 2.24) is 8.66 Å². The summed E-state index contributed by atoms with van der Waals surface area (Å²) in [7, 11) is -0.895. The van der Waals surface area contributed by atoms with Crippen LogP contribution in [0.5, 0.6) is 0 Å². The molecule has 0 atom stereocenters. The molecule has 3 nitrogen and oxygen atoms in total.